The van der Waals surface area contributed by atoms with E-state index in [2.05, 4.69) is 10.2 Å². The number of carbonyl (C=O) groups excluding carboxylic acids is 1. The van der Waals surface area contributed by atoms with Crippen molar-refractivity contribution in [1.82, 2.24) is 19.7 Å². The van der Waals surface area contributed by atoms with E-state index in [4.69, 9.17) is 13.9 Å². The third-order valence-electron chi connectivity index (χ3n) is 4.61. The van der Waals surface area contributed by atoms with Crippen LogP contribution in [-0.4, -0.2) is 39.2 Å². The molecule has 0 saturated carbocycles. The van der Waals surface area contributed by atoms with Gasteiger partial charge >= 0.3 is 6.18 Å². The molecule has 0 N–H and O–H groups in total. The van der Waals surface area contributed by atoms with Crippen LogP contribution >= 0.6 is 0 Å². The Labute approximate surface area is 168 Å². The predicted octanol–water partition coefficient (Wildman–Crippen LogP) is 3.13. The summed E-state index contributed by atoms with van der Waals surface area (Å²) in [5.74, 6) is 0.158. The van der Waals surface area contributed by atoms with Crippen LogP contribution in [0.15, 0.2) is 40.8 Å². The predicted molar refractivity (Wildman–Crippen MR) is 95.8 cm³/mol. The number of amides is 1. The monoisotopic (exact) mass is 422 g/mol. The van der Waals surface area contributed by atoms with Crippen LogP contribution in [0.4, 0.5) is 13.2 Å². The number of para-hydroxylation sites is 2. The van der Waals surface area contributed by atoms with Gasteiger partial charge in [0.25, 0.3) is 5.91 Å². The van der Waals surface area contributed by atoms with Crippen molar-refractivity contribution in [2.45, 2.75) is 25.9 Å². The van der Waals surface area contributed by atoms with Crippen LogP contribution in [-0.2, 0) is 25.9 Å². The van der Waals surface area contributed by atoms with Gasteiger partial charge in [-0.2, -0.15) is 13.2 Å². The second-order valence-corrected chi connectivity index (χ2v) is 6.52. The van der Waals surface area contributed by atoms with Gasteiger partial charge in [0.2, 0.25) is 5.82 Å². The molecule has 3 heterocycles. The smallest absolute Gasteiger partial charge is 0.451 e. The number of hydrogen-bond acceptors (Lipinski definition) is 6. The lowest BCUT2D eigenvalue weighted by Crippen LogP contribution is -2.39. The number of hydrogen-bond donors (Lipinski definition) is 0. The maximum atomic E-state index is 12.9. The molecule has 30 heavy (non-hydrogen) atoms. The van der Waals surface area contributed by atoms with Crippen molar-refractivity contribution in [3.05, 3.63) is 59.6 Å². The number of rotatable bonds is 5. The van der Waals surface area contributed by atoms with Crippen molar-refractivity contribution >= 4 is 5.91 Å². The largest absolute Gasteiger partial charge is 0.493 e. The topological polar surface area (TPSA) is 82.6 Å². The molecule has 0 unspecified atom stereocenters. The summed E-state index contributed by atoms with van der Waals surface area (Å²) < 4.78 is 56.2. The molecule has 8 nitrogen and oxygen atoms in total. The fourth-order valence-corrected chi connectivity index (χ4v) is 3.15. The summed E-state index contributed by atoms with van der Waals surface area (Å²) in [5.41, 5.74) is 0. The van der Waals surface area contributed by atoms with Crippen LogP contribution < -0.4 is 9.47 Å². The quantitative estimate of drug-likeness (QED) is 0.628. The maximum absolute atomic E-state index is 12.9. The maximum Gasteiger partial charge on any atom is 0.451 e. The molecule has 0 atom stereocenters. The molecular weight excluding hydrogens is 405 g/mol. The Morgan fingerprint density at radius 1 is 1.13 bits per heavy atom. The van der Waals surface area contributed by atoms with Crippen molar-refractivity contribution < 1.29 is 31.9 Å². The number of ether oxygens (including phenoxy) is 2. The molecule has 0 saturated heterocycles. The Morgan fingerprint density at radius 3 is 2.63 bits per heavy atom. The zero-order valence-corrected chi connectivity index (χ0v) is 15.8. The fraction of sp³-hybridized carbons (Fsp3) is 0.316. The first-order chi connectivity index (χ1) is 14.4. The zero-order valence-electron chi connectivity index (χ0n) is 15.8. The number of halogens is 3. The minimum absolute atomic E-state index is 0.0482. The summed E-state index contributed by atoms with van der Waals surface area (Å²) in [7, 11) is 1.53. The van der Waals surface area contributed by atoms with E-state index < -0.39 is 17.9 Å². The first-order valence-corrected chi connectivity index (χ1v) is 9.00. The average Bonchev–Trinajstić information content (AvgIpc) is 3.38. The lowest BCUT2D eigenvalue weighted by atomic mass is 10.3. The lowest BCUT2D eigenvalue weighted by molar-refractivity contribution is -0.147. The first kappa shape index (κ1) is 19.8. The Kier molecular flexibility index (Phi) is 5.10. The number of alkyl halides is 3. The van der Waals surface area contributed by atoms with Gasteiger partial charge in [-0.3, -0.25) is 4.79 Å². The molecule has 158 valence electrons. The molecule has 1 aromatic carbocycles. The van der Waals surface area contributed by atoms with Gasteiger partial charge in [0.15, 0.2) is 23.1 Å². The lowest BCUT2D eigenvalue weighted by Gasteiger charge is -2.27. The minimum atomic E-state index is -4.59. The molecule has 0 spiro atoms. The number of nitrogens with zero attached hydrogens (tertiary/aromatic N) is 4. The second kappa shape index (κ2) is 7.73. The van der Waals surface area contributed by atoms with Gasteiger partial charge in [-0.05, 0) is 24.3 Å². The van der Waals surface area contributed by atoms with E-state index in [9.17, 15) is 18.0 Å². The van der Waals surface area contributed by atoms with Gasteiger partial charge in [-0.1, -0.05) is 12.1 Å². The minimum Gasteiger partial charge on any atom is -0.493 e. The van der Waals surface area contributed by atoms with Gasteiger partial charge in [0.1, 0.15) is 12.4 Å². The van der Waals surface area contributed by atoms with E-state index in [1.807, 2.05) is 6.07 Å². The molecule has 2 aromatic heterocycles. The summed E-state index contributed by atoms with van der Waals surface area (Å²) in [6, 6.07) is 10.2. The average molecular weight is 422 g/mol. The molecule has 0 radical (unpaired) electrons. The van der Waals surface area contributed by atoms with Crippen LogP contribution in [0.1, 0.15) is 28.0 Å². The van der Waals surface area contributed by atoms with Gasteiger partial charge in [-0.25, -0.2) is 0 Å². The van der Waals surface area contributed by atoms with Gasteiger partial charge < -0.3 is 23.4 Å². The van der Waals surface area contributed by atoms with E-state index in [1.54, 1.807) is 24.3 Å². The number of fused-ring (bicyclic) bond motifs is 1. The Hall–Kier alpha value is -3.50. The molecule has 1 amide bonds. The zero-order chi connectivity index (χ0) is 21.3. The molecule has 1 aliphatic rings. The molecule has 11 heteroatoms. The number of aromatic nitrogens is 3. The molecule has 0 aliphatic carbocycles. The van der Waals surface area contributed by atoms with E-state index in [1.165, 1.54) is 18.1 Å². The molecule has 0 bridgehead atoms. The number of methoxy groups -OCH3 is 1. The molecule has 4 rings (SSSR count). The second-order valence-electron chi connectivity index (χ2n) is 6.52. The Bertz CT molecular complexity index is 1060. The Morgan fingerprint density at radius 2 is 1.90 bits per heavy atom. The van der Waals surface area contributed by atoms with Crippen molar-refractivity contribution in [3.63, 3.8) is 0 Å². The summed E-state index contributed by atoms with van der Waals surface area (Å²) in [4.78, 5) is 14.1. The molecule has 3 aromatic rings. The summed E-state index contributed by atoms with van der Waals surface area (Å²) in [6.45, 7) is 0.0285. The van der Waals surface area contributed by atoms with E-state index >= 15 is 0 Å². The van der Waals surface area contributed by atoms with Crippen molar-refractivity contribution in [3.8, 4) is 11.5 Å². The van der Waals surface area contributed by atoms with Gasteiger partial charge in [0, 0.05) is 13.1 Å². The van der Waals surface area contributed by atoms with Crippen molar-refractivity contribution in [2.24, 2.45) is 0 Å². The van der Waals surface area contributed by atoms with Crippen LogP contribution in [0.25, 0.3) is 0 Å². The molecule has 0 fully saturated rings. The third-order valence-corrected chi connectivity index (χ3v) is 4.61. The summed E-state index contributed by atoms with van der Waals surface area (Å²) in [5, 5.41) is 6.78. The number of carbonyl (C=O) groups is 1. The summed E-state index contributed by atoms with van der Waals surface area (Å²) >= 11 is 0. The Balaban J connectivity index is 1.42. The highest BCUT2D eigenvalue weighted by atomic mass is 19.4. The molecule has 1 aliphatic heterocycles. The van der Waals surface area contributed by atoms with E-state index in [0.717, 1.165) is 4.57 Å². The van der Waals surface area contributed by atoms with E-state index in [-0.39, 0.29) is 37.8 Å². The van der Waals surface area contributed by atoms with Crippen LogP contribution in [0.2, 0.25) is 0 Å². The highest BCUT2D eigenvalue weighted by Gasteiger charge is 2.40. The number of furan rings is 1. The third kappa shape index (κ3) is 3.82. The van der Waals surface area contributed by atoms with E-state index in [0.29, 0.717) is 17.3 Å². The normalized spacial score (nSPS) is 13.8. The number of benzene rings is 1. The highest BCUT2D eigenvalue weighted by Crippen LogP contribution is 2.30. The standard InChI is InChI=1S/C19H17F3N4O4/c1-28-13-4-2-3-5-14(13)29-11-12-6-7-15(30-12)17(27)25-8-9-26-16(10-25)23-24-18(26)19(20,21)22/h2-7H,8-11H2,1H3. The van der Waals surface area contributed by atoms with Crippen molar-refractivity contribution in [1.29, 1.82) is 0 Å². The van der Waals surface area contributed by atoms with Crippen LogP contribution in [0.5, 0.6) is 11.5 Å². The van der Waals surface area contributed by atoms with Crippen molar-refractivity contribution in [2.75, 3.05) is 13.7 Å². The molecular formula is C19H17F3N4O4. The summed E-state index contributed by atoms with van der Waals surface area (Å²) in [6.07, 6.45) is -4.59. The highest BCUT2D eigenvalue weighted by molar-refractivity contribution is 5.91. The first-order valence-electron chi connectivity index (χ1n) is 9.00. The fourth-order valence-electron chi connectivity index (χ4n) is 3.15. The van der Waals surface area contributed by atoms with Crippen LogP contribution in [0, 0.1) is 0 Å². The SMILES string of the molecule is COc1ccccc1OCc1ccc(C(=O)N2CCn3c(nnc3C(F)(F)F)C2)o1. The van der Waals surface area contributed by atoms with Gasteiger partial charge in [0.05, 0.1) is 13.7 Å². The van der Waals surface area contributed by atoms with Gasteiger partial charge in [-0.15, -0.1) is 10.2 Å². The van der Waals surface area contributed by atoms with Crippen LogP contribution in [0.3, 0.4) is 0 Å².